The van der Waals surface area contributed by atoms with Crippen LogP contribution in [-0.4, -0.2) is 46.2 Å². The molecular formula is C28H27N5O3. The molecule has 1 saturated heterocycles. The molecule has 3 N–H and O–H groups in total. The first-order valence-corrected chi connectivity index (χ1v) is 12.4. The number of carbonyl (C=O) groups is 3. The standard InChI is InChI=1S/C28H27N5O3/c1-16-5-4-8-21-19(16)12-23(30-21)25(34)31-24(11-17-9-10-17)26(35)33-15-28(13-18(33)14-29)20-6-2-3-7-22(20)32-27(28)36/h2-8,12,17-18,24,30H,9-11,13,15H2,1H3,(H,31,34)(H,32,36)/t18-,24-,28-/m0/s1. The van der Waals surface area contributed by atoms with Crippen LogP contribution in [0.2, 0.25) is 0 Å². The van der Waals surface area contributed by atoms with Gasteiger partial charge in [0.05, 0.1) is 11.5 Å². The number of carbonyl (C=O) groups excluding carboxylic acids is 3. The second-order valence-electron chi connectivity index (χ2n) is 10.3. The molecule has 182 valence electrons. The largest absolute Gasteiger partial charge is 0.351 e. The van der Waals surface area contributed by atoms with E-state index < -0.39 is 17.5 Å². The van der Waals surface area contributed by atoms with Crippen molar-refractivity contribution in [2.75, 3.05) is 11.9 Å². The lowest BCUT2D eigenvalue weighted by atomic mass is 9.80. The van der Waals surface area contributed by atoms with Crippen molar-refractivity contribution in [3.8, 4) is 6.07 Å². The molecule has 36 heavy (non-hydrogen) atoms. The third-order valence-electron chi connectivity index (χ3n) is 7.91. The number of amides is 3. The number of para-hydroxylation sites is 1. The van der Waals surface area contributed by atoms with Gasteiger partial charge in [-0.1, -0.05) is 43.2 Å². The maximum absolute atomic E-state index is 13.8. The number of hydrogen-bond acceptors (Lipinski definition) is 4. The highest BCUT2D eigenvalue weighted by Crippen LogP contribution is 2.46. The molecule has 6 rings (SSSR count). The summed E-state index contributed by atoms with van der Waals surface area (Å²) in [5, 5.41) is 16.8. The quantitative estimate of drug-likeness (QED) is 0.518. The van der Waals surface area contributed by atoms with Crippen LogP contribution >= 0.6 is 0 Å². The van der Waals surface area contributed by atoms with E-state index >= 15 is 0 Å². The van der Waals surface area contributed by atoms with Gasteiger partial charge in [-0.15, -0.1) is 0 Å². The van der Waals surface area contributed by atoms with E-state index in [0.29, 0.717) is 18.0 Å². The fourth-order valence-corrected chi connectivity index (χ4v) is 5.76. The zero-order chi connectivity index (χ0) is 25.0. The highest BCUT2D eigenvalue weighted by atomic mass is 16.2. The molecule has 1 spiro atoms. The summed E-state index contributed by atoms with van der Waals surface area (Å²) in [4.78, 5) is 44.8. The number of aryl methyl sites for hydroxylation is 1. The zero-order valence-corrected chi connectivity index (χ0v) is 20.0. The molecular weight excluding hydrogens is 454 g/mol. The number of nitrogens with zero attached hydrogens (tertiary/aromatic N) is 2. The fraction of sp³-hybridized carbons (Fsp3) is 0.357. The summed E-state index contributed by atoms with van der Waals surface area (Å²) in [7, 11) is 0. The van der Waals surface area contributed by atoms with E-state index in [-0.39, 0.29) is 30.7 Å². The predicted octanol–water partition coefficient (Wildman–Crippen LogP) is 3.39. The molecule has 1 aliphatic carbocycles. The van der Waals surface area contributed by atoms with Crippen molar-refractivity contribution in [1.82, 2.24) is 15.2 Å². The maximum Gasteiger partial charge on any atom is 0.268 e. The van der Waals surface area contributed by atoms with Gasteiger partial charge >= 0.3 is 0 Å². The Morgan fingerprint density at radius 1 is 1.22 bits per heavy atom. The van der Waals surface area contributed by atoms with E-state index in [0.717, 1.165) is 40.6 Å². The number of H-pyrrole nitrogens is 1. The molecule has 2 aromatic carbocycles. The van der Waals surface area contributed by atoms with Gasteiger partial charge in [-0.05, 0) is 48.6 Å². The van der Waals surface area contributed by atoms with Gasteiger partial charge in [0.25, 0.3) is 5.91 Å². The molecule has 0 unspecified atom stereocenters. The Bertz CT molecular complexity index is 1450. The van der Waals surface area contributed by atoms with Crippen molar-refractivity contribution in [3.63, 3.8) is 0 Å². The molecule has 0 bridgehead atoms. The number of fused-ring (bicyclic) bond motifs is 3. The van der Waals surface area contributed by atoms with Crippen LogP contribution in [0, 0.1) is 24.2 Å². The fourth-order valence-electron chi connectivity index (χ4n) is 5.76. The SMILES string of the molecule is Cc1cccc2[nH]c(C(=O)N[C@@H](CC3CC3)C(=O)N3C[C@]4(C[C@H]3C#N)C(=O)Nc3ccccc34)cc12. The number of anilines is 1. The molecule has 8 heteroatoms. The number of nitrogens with one attached hydrogen (secondary N) is 3. The van der Waals surface area contributed by atoms with Crippen LogP contribution in [0.3, 0.4) is 0 Å². The van der Waals surface area contributed by atoms with Gasteiger partial charge in [0, 0.05) is 29.6 Å². The van der Waals surface area contributed by atoms with Crippen molar-refractivity contribution in [2.24, 2.45) is 5.92 Å². The predicted molar refractivity (Wildman–Crippen MR) is 134 cm³/mol. The van der Waals surface area contributed by atoms with Crippen molar-refractivity contribution < 1.29 is 14.4 Å². The van der Waals surface area contributed by atoms with Gasteiger partial charge in [0.15, 0.2) is 0 Å². The van der Waals surface area contributed by atoms with E-state index in [1.165, 1.54) is 4.90 Å². The Balaban J connectivity index is 1.28. The summed E-state index contributed by atoms with van der Waals surface area (Å²) in [6.45, 7) is 2.11. The molecule has 2 aliphatic heterocycles. The molecule has 2 fully saturated rings. The van der Waals surface area contributed by atoms with Crippen molar-refractivity contribution >= 4 is 34.3 Å². The normalized spacial score (nSPS) is 23.4. The number of rotatable bonds is 5. The van der Waals surface area contributed by atoms with Crippen LogP contribution in [0.1, 0.15) is 47.3 Å². The van der Waals surface area contributed by atoms with Gasteiger partial charge in [-0.25, -0.2) is 0 Å². The van der Waals surface area contributed by atoms with Crippen molar-refractivity contribution in [2.45, 2.75) is 50.1 Å². The van der Waals surface area contributed by atoms with Crippen molar-refractivity contribution in [1.29, 1.82) is 5.26 Å². The van der Waals surface area contributed by atoms with E-state index in [1.54, 1.807) is 6.07 Å². The van der Waals surface area contributed by atoms with Gasteiger partial charge in [-0.3, -0.25) is 14.4 Å². The lowest BCUT2D eigenvalue weighted by molar-refractivity contribution is -0.133. The molecule has 0 radical (unpaired) electrons. The number of benzene rings is 2. The summed E-state index contributed by atoms with van der Waals surface area (Å²) >= 11 is 0. The Labute approximate surface area is 208 Å². The second-order valence-corrected chi connectivity index (χ2v) is 10.3. The minimum atomic E-state index is -0.949. The Kier molecular flexibility index (Phi) is 5.11. The van der Waals surface area contributed by atoms with E-state index in [2.05, 4.69) is 21.7 Å². The minimum absolute atomic E-state index is 0.121. The average molecular weight is 482 g/mol. The molecule has 3 amide bonds. The first kappa shape index (κ1) is 22.4. The van der Waals surface area contributed by atoms with E-state index in [4.69, 9.17) is 0 Å². The Hall–Kier alpha value is -4.12. The highest BCUT2D eigenvalue weighted by molar-refractivity contribution is 6.07. The monoisotopic (exact) mass is 481 g/mol. The summed E-state index contributed by atoms with van der Waals surface area (Å²) in [6.07, 6.45) is 2.80. The number of aromatic nitrogens is 1. The van der Waals surface area contributed by atoms with Gasteiger partial charge in [0.1, 0.15) is 17.8 Å². The van der Waals surface area contributed by atoms with Gasteiger partial charge in [-0.2, -0.15) is 5.26 Å². The third kappa shape index (κ3) is 3.54. The summed E-state index contributed by atoms with van der Waals surface area (Å²) < 4.78 is 0. The molecule has 8 nitrogen and oxygen atoms in total. The topological polar surface area (TPSA) is 118 Å². The minimum Gasteiger partial charge on any atom is -0.351 e. The maximum atomic E-state index is 13.8. The number of aromatic amines is 1. The first-order valence-electron chi connectivity index (χ1n) is 12.4. The summed E-state index contributed by atoms with van der Waals surface area (Å²) in [5.74, 6) is -0.466. The van der Waals surface area contributed by atoms with Gasteiger partial charge in [0.2, 0.25) is 11.8 Å². The lowest BCUT2D eigenvalue weighted by Gasteiger charge is -2.27. The summed E-state index contributed by atoms with van der Waals surface area (Å²) in [5.41, 5.74) is 2.92. The van der Waals surface area contributed by atoms with Crippen molar-refractivity contribution in [3.05, 3.63) is 65.4 Å². The summed E-state index contributed by atoms with van der Waals surface area (Å²) in [6, 6.07) is 15.8. The van der Waals surface area contributed by atoms with Crippen LogP contribution in [0.4, 0.5) is 5.69 Å². The number of likely N-dealkylation sites (tertiary alicyclic amines) is 1. The molecule has 3 aromatic rings. The number of nitriles is 1. The van der Waals surface area contributed by atoms with Crippen LogP contribution < -0.4 is 10.6 Å². The zero-order valence-electron chi connectivity index (χ0n) is 20.0. The van der Waals surface area contributed by atoms with Crippen LogP contribution in [0.25, 0.3) is 10.9 Å². The lowest BCUT2D eigenvalue weighted by Crippen LogP contribution is -2.51. The number of hydrogen-bond donors (Lipinski definition) is 3. The molecule has 3 atom stereocenters. The Morgan fingerprint density at radius 2 is 2.03 bits per heavy atom. The Morgan fingerprint density at radius 3 is 2.78 bits per heavy atom. The van der Waals surface area contributed by atoms with Crippen LogP contribution in [-0.2, 0) is 15.0 Å². The molecule has 3 aliphatic rings. The molecule has 3 heterocycles. The van der Waals surface area contributed by atoms with Crippen LogP contribution in [0.15, 0.2) is 48.5 Å². The highest BCUT2D eigenvalue weighted by Gasteiger charge is 2.56. The average Bonchev–Trinajstić information content (AvgIpc) is 3.34. The van der Waals surface area contributed by atoms with E-state index in [9.17, 15) is 19.6 Å². The molecule has 1 aromatic heterocycles. The smallest absolute Gasteiger partial charge is 0.268 e. The van der Waals surface area contributed by atoms with E-state index in [1.807, 2.05) is 49.4 Å². The first-order chi connectivity index (χ1) is 17.4. The van der Waals surface area contributed by atoms with Gasteiger partial charge < -0.3 is 20.5 Å². The molecule has 1 saturated carbocycles. The second kappa shape index (κ2) is 8.23. The van der Waals surface area contributed by atoms with Crippen LogP contribution in [0.5, 0.6) is 0 Å². The third-order valence-corrected chi connectivity index (χ3v) is 7.91.